The van der Waals surface area contributed by atoms with Gasteiger partial charge in [0.15, 0.2) is 0 Å². The number of nitriles is 1. The van der Waals surface area contributed by atoms with Crippen LogP contribution in [-0.4, -0.2) is 64.4 Å². The normalized spacial score (nSPS) is 25.0. The van der Waals surface area contributed by atoms with E-state index in [-0.39, 0.29) is 42.3 Å². The average molecular weight is 358 g/mol. The summed E-state index contributed by atoms with van der Waals surface area (Å²) in [6, 6.07) is 3.17. The zero-order chi connectivity index (χ0) is 19.0. The van der Waals surface area contributed by atoms with Gasteiger partial charge in [-0.2, -0.15) is 5.26 Å². The first-order valence-corrected chi connectivity index (χ1v) is 8.66. The maximum absolute atomic E-state index is 12.8. The van der Waals surface area contributed by atoms with Crippen molar-refractivity contribution in [1.29, 1.82) is 5.26 Å². The van der Waals surface area contributed by atoms with Gasteiger partial charge in [0.25, 0.3) is 5.91 Å². The lowest BCUT2D eigenvalue weighted by Gasteiger charge is -2.39. The highest BCUT2D eigenvalue weighted by molar-refractivity contribution is 5.96. The molecule has 3 rings (SSSR count). The third-order valence-electron chi connectivity index (χ3n) is 5.35. The number of fused-ring (bicyclic) bond motifs is 1. The Bertz CT molecular complexity index is 794. The predicted molar refractivity (Wildman–Crippen MR) is 90.9 cm³/mol. The summed E-state index contributed by atoms with van der Waals surface area (Å²) in [5.74, 6) is -1.09. The molecule has 2 amide bonds. The fourth-order valence-electron chi connectivity index (χ4n) is 4.18. The Morgan fingerprint density at radius 2 is 2.15 bits per heavy atom. The maximum Gasteiger partial charge on any atom is 0.310 e. The molecule has 2 aliphatic heterocycles. The maximum atomic E-state index is 12.8. The van der Waals surface area contributed by atoms with Crippen molar-refractivity contribution >= 4 is 17.8 Å². The number of carbonyl (C=O) groups is 3. The Morgan fingerprint density at radius 3 is 2.73 bits per heavy atom. The van der Waals surface area contributed by atoms with Gasteiger partial charge in [0.2, 0.25) is 5.91 Å². The number of aryl methyl sites for hydroxylation is 1. The predicted octanol–water partition coefficient (Wildman–Crippen LogP) is 0.521. The van der Waals surface area contributed by atoms with E-state index in [1.807, 2.05) is 13.0 Å². The molecule has 8 nitrogen and oxygen atoms in total. The molecule has 0 N–H and O–H groups in total. The monoisotopic (exact) mass is 358 g/mol. The number of hydrogen-bond donors (Lipinski definition) is 0. The Balaban J connectivity index is 1.82. The standard InChI is InChI=1S/C18H22N4O4/c1-4-14-13(18(25)26-3)6-12-9-21(10-16(23)22(12)14)17(24)15-5-11(7-19)8-20(15)2/h5,8,12-14H,4,6,9-10H2,1-3H3/t12-,13-,14-/m0/s1. The zero-order valence-electron chi connectivity index (χ0n) is 15.1. The van der Waals surface area contributed by atoms with Crippen molar-refractivity contribution in [3.63, 3.8) is 0 Å². The molecule has 0 aromatic carbocycles. The molecule has 138 valence electrons. The van der Waals surface area contributed by atoms with Crippen LogP contribution in [0.4, 0.5) is 0 Å². The SMILES string of the molecule is CC[C@H]1[C@@H](C(=O)OC)C[C@H]2CN(C(=O)c3cc(C#N)cn3C)CC(=O)N21. The third-order valence-corrected chi connectivity index (χ3v) is 5.35. The summed E-state index contributed by atoms with van der Waals surface area (Å²) in [5, 5.41) is 9.00. The van der Waals surface area contributed by atoms with Gasteiger partial charge in [-0.05, 0) is 18.9 Å². The van der Waals surface area contributed by atoms with E-state index in [1.54, 1.807) is 22.7 Å². The molecule has 2 saturated heterocycles. The van der Waals surface area contributed by atoms with Crippen LogP contribution < -0.4 is 0 Å². The molecule has 0 radical (unpaired) electrons. The first kappa shape index (κ1) is 18.0. The van der Waals surface area contributed by atoms with Gasteiger partial charge in [-0.3, -0.25) is 14.4 Å². The minimum absolute atomic E-state index is 0.0210. The second kappa shape index (κ2) is 6.83. The number of piperazine rings is 1. The van der Waals surface area contributed by atoms with E-state index in [1.165, 1.54) is 18.1 Å². The Hall–Kier alpha value is -2.82. The van der Waals surface area contributed by atoms with Crippen molar-refractivity contribution < 1.29 is 19.1 Å². The molecule has 0 saturated carbocycles. The summed E-state index contributed by atoms with van der Waals surface area (Å²) in [6.45, 7) is 2.30. The van der Waals surface area contributed by atoms with Crippen LogP contribution in [-0.2, 0) is 21.4 Å². The summed E-state index contributed by atoms with van der Waals surface area (Å²) in [7, 11) is 3.05. The van der Waals surface area contributed by atoms with Crippen LogP contribution >= 0.6 is 0 Å². The van der Waals surface area contributed by atoms with Crippen molar-refractivity contribution in [3.05, 3.63) is 23.5 Å². The number of carbonyl (C=O) groups excluding carboxylic acids is 3. The quantitative estimate of drug-likeness (QED) is 0.734. The summed E-state index contributed by atoms with van der Waals surface area (Å²) in [6.07, 6.45) is 2.75. The molecule has 0 spiro atoms. The van der Waals surface area contributed by atoms with E-state index < -0.39 is 0 Å². The van der Waals surface area contributed by atoms with Crippen LogP contribution in [0.5, 0.6) is 0 Å². The Kier molecular flexibility index (Phi) is 4.72. The van der Waals surface area contributed by atoms with Gasteiger partial charge in [0.05, 0.1) is 24.6 Å². The summed E-state index contributed by atoms with van der Waals surface area (Å²) in [4.78, 5) is 40.9. The van der Waals surface area contributed by atoms with Gasteiger partial charge < -0.3 is 19.1 Å². The highest BCUT2D eigenvalue weighted by Gasteiger charge is 2.50. The topological polar surface area (TPSA) is 95.6 Å². The van der Waals surface area contributed by atoms with Crippen molar-refractivity contribution in [2.75, 3.05) is 20.2 Å². The highest BCUT2D eigenvalue weighted by Crippen LogP contribution is 2.35. The van der Waals surface area contributed by atoms with Crippen molar-refractivity contribution in [1.82, 2.24) is 14.4 Å². The summed E-state index contributed by atoms with van der Waals surface area (Å²) >= 11 is 0. The molecule has 0 unspecified atom stereocenters. The van der Waals surface area contributed by atoms with Gasteiger partial charge in [0, 0.05) is 25.8 Å². The first-order valence-electron chi connectivity index (χ1n) is 8.66. The number of amides is 2. The number of methoxy groups -OCH3 is 1. The summed E-state index contributed by atoms with van der Waals surface area (Å²) in [5.41, 5.74) is 0.774. The summed E-state index contributed by atoms with van der Waals surface area (Å²) < 4.78 is 6.49. The number of ether oxygens (including phenoxy) is 1. The number of esters is 1. The van der Waals surface area contributed by atoms with Gasteiger partial charge in [-0.15, -0.1) is 0 Å². The zero-order valence-corrected chi connectivity index (χ0v) is 15.1. The number of aromatic nitrogens is 1. The van der Waals surface area contributed by atoms with Crippen LogP contribution in [0.15, 0.2) is 12.3 Å². The molecular weight excluding hydrogens is 336 g/mol. The minimum Gasteiger partial charge on any atom is -0.469 e. The molecule has 1 aromatic heterocycles. The smallest absolute Gasteiger partial charge is 0.310 e. The van der Waals surface area contributed by atoms with Crippen molar-refractivity contribution in [2.24, 2.45) is 13.0 Å². The van der Waals surface area contributed by atoms with Crippen molar-refractivity contribution in [2.45, 2.75) is 31.8 Å². The Morgan fingerprint density at radius 1 is 1.42 bits per heavy atom. The second-order valence-electron chi connectivity index (χ2n) is 6.82. The molecular formula is C18H22N4O4. The van der Waals surface area contributed by atoms with E-state index in [2.05, 4.69) is 0 Å². The molecule has 2 fully saturated rings. The van der Waals surface area contributed by atoms with Crippen LogP contribution in [0.3, 0.4) is 0 Å². The molecule has 1 aromatic rings. The van der Waals surface area contributed by atoms with E-state index >= 15 is 0 Å². The van der Waals surface area contributed by atoms with Gasteiger partial charge in [0.1, 0.15) is 18.3 Å². The van der Waals surface area contributed by atoms with Crippen LogP contribution in [0.25, 0.3) is 0 Å². The molecule has 3 heterocycles. The van der Waals surface area contributed by atoms with Crippen LogP contribution in [0, 0.1) is 17.2 Å². The van der Waals surface area contributed by atoms with Crippen LogP contribution in [0.1, 0.15) is 35.8 Å². The largest absolute Gasteiger partial charge is 0.469 e. The number of hydrogen-bond acceptors (Lipinski definition) is 5. The van der Waals surface area contributed by atoms with Gasteiger partial charge >= 0.3 is 5.97 Å². The van der Waals surface area contributed by atoms with E-state index in [0.717, 1.165) is 0 Å². The molecule has 2 aliphatic rings. The van der Waals surface area contributed by atoms with Gasteiger partial charge in [-0.1, -0.05) is 6.92 Å². The Labute approximate surface area is 151 Å². The van der Waals surface area contributed by atoms with E-state index in [4.69, 9.17) is 10.00 Å². The molecule has 0 bridgehead atoms. The van der Waals surface area contributed by atoms with E-state index in [9.17, 15) is 14.4 Å². The lowest BCUT2D eigenvalue weighted by Crippen LogP contribution is -2.57. The molecule has 26 heavy (non-hydrogen) atoms. The number of rotatable bonds is 3. The van der Waals surface area contributed by atoms with Crippen molar-refractivity contribution in [3.8, 4) is 6.07 Å². The molecule has 0 aliphatic carbocycles. The lowest BCUT2D eigenvalue weighted by molar-refractivity contribution is -0.147. The number of nitrogens with zero attached hydrogens (tertiary/aromatic N) is 4. The fraction of sp³-hybridized carbons (Fsp3) is 0.556. The van der Waals surface area contributed by atoms with Crippen LogP contribution in [0.2, 0.25) is 0 Å². The molecule has 3 atom stereocenters. The molecule has 8 heteroatoms. The lowest BCUT2D eigenvalue weighted by atomic mass is 9.97. The second-order valence-corrected chi connectivity index (χ2v) is 6.82. The first-order chi connectivity index (χ1) is 12.4. The fourth-order valence-corrected chi connectivity index (χ4v) is 4.18. The van der Waals surface area contributed by atoms with Gasteiger partial charge in [-0.25, -0.2) is 0 Å². The van der Waals surface area contributed by atoms with E-state index in [0.29, 0.717) is 30.6 Å². The average Bonchev–Trinajstić information content (AvgIpc) is 3.20. The third kappa shape index (κ3) is 2.83. The highest BCUT2D eigenvalue weighted by atomic mass is 16.5. The minimum atomic E-state index is -0.353.